The van der Waals surface area contributed by atoms with Crippen LogP contribution in [0.2, 0.25) is 5.02 Å². The number of rotatable bonds is 4. The Morgan fingerprint density at radius 2 is 1.81 bits per heavy atom. The van der Waals surface area contributed by atoms with Crippen LogP contribution < -0.4 is 5.32 Å². The van der Waals surface area contributed by atoms with Crippen LogP contribution in [-0.2, 0) is 12.5 Å². The minimum atomic E-state index is -0.152. The van der Waals surface area contributed by atoms with Gasteiger partial charge in [-0.05, 0) is 36.8 Å². The van der Waals surface area contributed by atoms with Gasteiger partial charge in [-0.2, -0.15) is 0 Å². The van der Waals surface area contributed by atoms with Gasteiger partial charge in [0.05, 0.1) is 0 Å². The van der Waals surface area contributed by atoms with Crippen molar-refractivity contribution in [1.29, 1.82) is 0 Å². The van der Waals surface area contributed by atoms with Crippen LogP contribution in [0.15, 0.2) is 36.4 Å². The van der Waals surface area contributed by atoms with Gasteiger partial charge in [0.2, 0.25) is 0 Å². The maximum absolute atomic E-state index is 12.3. The fraction of sp³-hybridized carbons (Fsp3) is 0.353. The van der Waals surface area contributed by atoms with E-state index in [0.717, 1.165) is 16.3 Å². The number of aryl methyl sites for hydroxylation is 1. The van der Waals surface area contributed by atoms with E-state index in [1.165, 1.54) is 0 Å². The molecule has 3 nitrogen and oxygen atoms in total. The van der Waals surface area contributed by atoms with Gasteiger partial charge in [-0.1, -0.05) is 37.6 Å². The maximum Gasteiger partial charge on any atom is 0.267 e. The number of amides is 1. The number of carbonyl (C=O) groups is 1. The molecule has 0 aliphatic carbocycles. The van der Waals surface area contributed by atoms with Crippen molar-refractivity contribution in [3.63, 3.8) is 0 Å². The van der Waals surface area contributed by atoms with Crippen molar-refractivity contribution in [3.8, 4) is 0 Å². The third-order valence-electron chi connectivity index (χ3n) is 3.92. The normalized spacial score (nSPS) is 11.5. The number of hydrogen-bond acceptors (Lipinski definition) is 1. The Morgan fingerprint density at radius 3 is 2.33 bits per heavy atom. The van der Waals surface area contributed by atoms with Crippen LogP contribution in [0.3, 0.4) is 0 Å². The van der Waals surface area contributed by atoms with Gasteiger partial charge in [0.1, 0.15) is 5.69 Å². The molecule has 112 valence electrons. The molecule has 1 aromatic carbocycles. The SMILES string of the molecule is Cc1ccc(C(=O)NCC(C)(C)c2ccc(Cl)cc2)n1C. The lowest BCUT2D eigenvalue weighted by atomic mass is 9.84. The monoisotopic (exact) mass is 304 g/mol. The van der Waals surface area contributed by atoms with E-state index in [2.05, 4.69) is 19.2 Å². The Bertz CT molecular complexity index is 641. The van der Waals surface area contributed by atoms with E-state index >= 15 is 0 Å². The van der Waals surface area contributed by atoms with Gasteiger partial charge in [0.15, 0.2) is 0 Å². The third-order valence-corrected chi connectivity index (χ3v) is 4.17. The minimum absolute atomic E-state index is 0.0485. The number of hydrogen-bond donors (Lipinski definition) is 1. The van der Waals surface area contributed by atoms with Crippen LogP contribution in [-0.4, -0.2) is 17.0 Å². The van der Waals surface area contributed by atoms with Gasteiger partial charge in [-0.3, -0.25) is 4.79 Å². The summed E-state index contributed by atoms with van der Waals surface area (Å²) in [6, 6.07) is 11.5. The highest BCUT2D eigenvalue weighted by atomic mass is 35.5. The fourth-order valence-corrected chi connectivity index (χ4v) is 2.36. The molecule has 0 aliphatic rings. The van der Waals surface area contributed by atoms with E-state index in [9.17, 15) is 4.79 Å². The standard InChI is InChI=1S/C17H21ClN2O/c1-12-5-10-15(20(12)4)16(21)19-11-17(2,3)13-6-8-14(18)9-7-13/h5-10H,11H2,1-4H3,(H,19,21). The number of benzene rings is 1. The predicted molar refractivity (Wildman–Crippen MR) is 87.0 cm³/mol. The number of nitrogens with one attached hydrogen (secondary N) is 1. The van der Waals surface area contributed by atoms with Crippen LogP contribution in [0.25, 0.3) is 0 Å². The molecule has 0 saturated carbocycles. The molecule has 0 radical (unpaired) electrons. The van der Waals surface area contributed by atoms with Crippen LogP contribution in [0.1, 0.15) is 35.6 Å². The fourth-order valence-electron chi connectivity index (χ4n) is 2.24. The molecule has 0 spiro atoms. The zero-order valence-electron chi connectivity index (χ0n) is 12.9. The summed E-state index contributed by atoms with van der Waals surface area (Å²) in [5, 5.41) is 3.73. The molecule has 0 atom stereocenters. The zero-order valence-corrected chi connectivity index (χ0v) is 13.7. The zero-order chi connectivity index (χ0) is 15.6. The molecule has 1 aromatic heterocycles. The number of nitrogens with zero attached hydrogens (tertiary/aromatic N) is 1. The predicted octanol–water partition coefficient (Wildman–Crippen LogP) is 3.69. The van der Waals surface area contributed by atoms with Gasteiger partial charge in [0, 0.05) is 29.7 Å². The lowest BCUT2D eigenvalue weighted by molar-refractivity contribution is 0.0937. The molecule has 4 heteroatoms. The molecule has 0 saturated heterocycles. The molecule has 0 unspecified atom stereocenters. The maximum atomic E-state index is 12.3. The highest BCUT2D eigenvalue weighted by Gasteiger charge is 2.22. The Labute approximate surface area is 130 Å². The van der Waals surface area contributed by atoms with Crippen molar-refractivity contribution >= 4 is 17.5 Å². The molecule has 2 aromatic rings. The lowest BCUT2D eigenvalue weighted by Crippen LogP contribution is -2.37. The summed E-state index contributed by atoms with van der Waals surface area (Å²) in [7, 11) is 1.90. The topological polar surface area (TPSA) is 34.0 Å². The van der Waals surface area contributed by atoms with E-state index in [4.69, 9.17) is 11.6 Å². The highest BCUT2D eigenvalue weighted by molar-refractivity contribution is 6.30. The summed E-state index contributed by atoms with van der Waals surface area (Å²) in [5.74, 6) is -0.0485. The molecule has 0 bridgehead atoms. The van der Waals surface area contributed by atoms with Crippen molar-refractivity contribution in [2.45, 2.75) is 26.2 Å². The van der Waals surface area contributed by atoms with Gasteiger partial charge in [-0.25, -0.2) is 0 Å². The molecule has 0 fully saturated rings. The molecule has 1 amide bonds. The number of aromatic nitrogens is 1. The minimum Gasteiger partial charge on any atom is -0.350 e. The number of halogens is 1. The Kier molecular flexibility index (Phi) is 4.43. The molecule has 1 N–H and O–H groups in total. The summed E-state index contributed by atoms with van der Waals surface area (Å²) >= 11 is 5.92. The lowest BCUT2D eigenvalue weighted by Gasteiger charge is -2.25. The molecular weight excluding hydrogens is 284 g/mol. The highest BCUT2D eigenvalue weighted by Crippen LogP contribution is 2.24. The molecule has 2 rings (SSSR count). The van der Waals surface area contributed by atoms with Crippen molar-refractivity contribution in [2.24, 2.45) is 7.05 Å². The van der Waals surface area contributed by atoms with Crippen molar-refractivity contribution < 1.29 is 4.79 Å². The Morgan fingerprint density at radius 1 is 1.19 bits per heavy atom. The average molecular weight is 305 g/mol. The van der Waals surface area contributed by atoms with Crippen LogP contribution in [0.4, 0.5) is 0 Å². The van der Waals surface area contributed by atoms with Gasteiger partial charge in [-0.15, -0.1) is 0 Å². The van der Waals surface area contributed by atoms with Crippen LogP contribution in [0.5, 0.6) is 0 Å². The van der Waals surface area contributed by atoms with E-state index in [-0.39, 0.29) is 11.3 Å². The molecular formula is C17H21ClN2O. The first-order valence-electron chi connectivity index (χ1n) is 6.98. The van der Waals surface area contributed by atoms with Gasteiger partial charge < -0.3 is 9.88 Å². The van der Waals surface area contributed by atoms with Gasteiger partial charge in [0.25, 0.3) is 5.91 Å². The van der Waals surface area contributed by atoms with E-state index < -0.39 is 0 Å². The smallest absolute Gasteiger partial charge is 0.267 e. The largest absolute Gasteiger partial charge is 0.350 e. The molecule has 21 heavy (non-hydrogen) atoms. The number of carbonyl (C=O) groups excluding carboxylic acids is 1. The molecule has 1 heterocycles. The van der Waals surface area contributed by atoms with E-state index in [1.807, 2.05) is 54.9 Å². The van der Waals surface area contributed by atoms with Crippen molar-refractivity contribution in [1.82, 2.24) is 9.88 Å². The average Bonchev–Trinajstić information content (AvgIpc) is 2.77. The molecule has 0 aliphatic heterocycles. The summed E-state index contributed by atoms with van der Waals surface area (Å²) < 4.78 is 1.89. The second-order valence-corrected chi connectivity index (χ2v) is 6.43. The first kappa shape index (κ1) is 15.6. The van der Waals surface area contributed by atoms with Gasteiger partial charge >= 0.3 is 0 Å². The summed E-state index contributed by atoms with van der Waals surface area (Å²) in [6.45, 7) is 6.76. The quantitative estimate of drug-likeness (QED) is 0.918. The van der Waals surface area contributed by atoms with Crippen molar-refractivity contribution in [3.05, 3.63) is 58.4 Å². The van der Waals surface area contributed by atoms with E-state index in [0.29, 0.717) is 12.2 Å². The summed E-state index contributed by atoms with van der Waals surface area (Å²) in [5.41, 5.74) is 2.74. The Hall–Kier alpha value is -1.74. The first-order chi connectivity index (χ1) is 9.81. The van der Waals surface area contributed by atoms with Crippen LogP contribution >= 0.6 is 11.6 Å². The van der Waals surface area contributed by atoms with E-state index in [1.54, 1.807) is 0 Å². The Balaban J connectivity index is 2.06. The second kappa shape index (κ2) is 5.94. The second-order valence-electron chi connectivity index (χ2n) is 5.99. The first-order valence-corrected chi connectivity index (χ1v) is 7.35. The summed E-state index contributed by atoms with van der Waals surface area (Å²) in [6.07, 6.45) is 0. The van der Waals surface area contributed by atoms with Crippen LogP contribution in [0, 0.1) is 6.92 Å². The summed E-state index contributed by atoms with van der Waals surface area (Å²) in [4.78, 5) is 12.3. The third kappa shape index (κ3) is 3.48. The van der Waals surface area contributed by atoms with Crippen molar-refractivity contribution in [2.75, 3.05) is 6.54 Å².